The van der Waals surface area contributed by atoms with Crippen LogP contribution in [0.1, 0.15) is 55.4 Å². The maximum atomic E-state index is 11.6. The molecule has 0 rings (SSSR count). The second-order valence-corrected chi connectivity index (χ2v) is 20.1. The fourth-order valence-electron chi connectivity index (χ4n) is 1.93. The molecule has 0 bridgehead atoms. The standard InChI is InChI=1S/C22H42O4Si2/c1-17(23)13-15-19(25-27(9,10)21(3,4)5)20(16-14-18(2)24)26-28(11,12)22(6,7)8/h13-16,19-20H,1-12H3/b15-13+,16-14+/t19-,20-/m1/s1. The second kappa shape index (κ2) is 9.78. The van der Waals surface area contributed by atoms with Crippen molar-refractivity contribution in [2.24, 2.45) is 0 Å². The summed E-state index contributed by atoms with van der Waals surface area (Å²) in [5.74, 6) is -0.0732. The zero-order chi connectivity index (χ0) is 22.6. The lowest BCUT2D eigenvalue weighted by atomic mass is 10.1. The Morgan fingerprint density at radius 1 is 0.679 bits per heavy atom. The Kier molecular flexibility index (Phi) is 9.50. The van der Waals surface area contributed by atoms with Gasteiger partial charge in [0.1, 0.15) is 0 Å². The van der Waals surface area contributed by atoms with Crippen LogP contribution >= 0.6 is 0 Å². The minimum atomic E-state index is -2.13. The molecule has 162 valence electrons. The van der Waals surface area contributed by atoms with Gasteiger partial charge in [-0.25, -0.2) is 0 Å². The van der Waals surface area contributed by atoms with Gasteiger partial charge >= 0.3 is 0 Å². The molecule has 6 heteroatoms. The van der Waals surface area contributed by atoms with Crippen LogP contribution in [0.4, 0.5) is 0 Å². The molecule has 0 aromatic rings. The molecule has 0 spiro atoms. The van der Waals surface area contributed by atoms with Crippen molar-refractivity contribution < 1.29 is 18.4 Å². The third-order valence-electron chi connectivity index (χ3n) is 5.84. The minimum Gasteiger partial charge on any atom is -0.408 e. The van der Waals surface area contributed by atoms with E-state index in [4.69, 9.17) is 8.85 Å². The van der Waals surface area contributed by atoms with Gasteiger partial charge in [-0.1, -0.05) is 53.7 Å². The van der Waals surface area contributed by atoms with Crippen molar-refractivity contribution in [3.05, 3.63) is 24.3 Å². The summed E-state index contributed by atoms with van der Waals surface area (Å²) in [5, 5.41) is 0.0300. The maximum absolute atomic E-state index is 11.6. The smallest absolute Gasteiger partial charge is 0.193 e. The van der Waals surface area contributed by atoms with Crippen LogP contribution < -0.4 is 0 Å². The Morgan fingerprint density at radius 3 is 1.11 bits per heavy atom. The summed E-state index contributed by atoms with van der Waals surface area (Å²) >= 11 is 0. The van der Waals surface area contributed by atoms with Crippen LogP contribution in [0.5, 0.6) is 0 Å². The SMILES string of the molecule is CC(=O)/C=C/[C@@H](O[Si](C)(C)C(C)(C)C)[C@@H](/C=C/C(C)=O)O[Si](C)(C)C(C)(C)C. The lowest BCUT2D eigenvalue weighted by molar-refractivity contribution is -0.113. The van der Waals surface area contributed by atoms with Crippen molar-refractivity contribution in [1.82, 2.24) is 0 Å². The summed E-state index contributed by atoms with van der Waals surface area (Å²) in [4.78, 5) is 23.2. The molecule has 0 saturated carbocycles. The Hall–Kier alpha value is -0.826. The van der Waals surface area contributed by atoms with Crippen LogP contribution in [0.25, 0.3) is 0 Å². The van der Waals surface area contributed by atoms with Gasteiger partial charge in [-0.15, -0.1) is 0 Å². The van der Waals surface area contributed by atoms with E-state index in [2.05, 4.69) is 67.7 Å². The van der Waals surface area contributed by atoms with Crippen molar-refractivity contribution in [2.45, 2.75) is 104 Å². The maximum Gasteiger partial charge on any atom is 0.193 e. The Balaban J connectivity index is 6.15. The molecule has 0 amide bonds. The van der Waals surface area contributed by atoms with Crippen molar-refractivity contribution >= 4 is 28.2 Å². The third-order valence-corrected chi connectivity index (χ3v) is 14.8. The summed E-state index contributed by atoms with van der Waals surface area (Å²) in [5.41, 5.74) is 0. The topological polar surface area (TPSA) is 52.6 Å². The fraction of sp³-hybridized carbons (Fsp3) is 0.727. The number of hydrogen-bond donors (Lipinski definition) is 0. The molecule has 0 fully saturated rings. The average molecular weight is 427 g/mol. The van der Waals surface area contributed by atoms with E-state index in [1.165, 1.54) is 13.8 Å². The first-order valence-electron chi connectivity index (χ1n) is 10.0. The Morgan fingerprint density at radius 2 is 0.929 bits per heavy atom. The van der Waals surface area contributed by atoms with E-state index in [9.17, 15) is 9.59 Å². The van der Waals surface area contributed by atoms with Crippen molar-refractivity contribution in [3.8, 4) is 0 Å². The van der Waals surface area contributed by atoms with Gasteiger partial charge in [-0.2, -0.15) is 0 Å². The van der Waals surface area contributed by atoms with Gasteiger partial charge in [0.2, 0.25) is 0 Å². The highest BCUT2D eigenvalue weighted by Crippen LogP contribution is 2.40. The molecule has 0 N–H and O–H groups in total. The van der Waals surface area contributed by atoms with Gasteiger partial charge in [0.25, 0.3) is 0 Å². The number of rotatable bonds is 9. The van der Waals surface area contributed by atoms with Crippen LogP contribution in [-0.4, -0.2) is 40.4 Å². The molecular formula is C22H42O4Si2. The Bertz CT molecular complexity index is 551. The van der Waals surface area contributed by atoms with Crippen molar-refractivity contribution in [2.75, 3.05) is 0 Å². The highest BCUT2D eigenvalue weighted by molar-refractivity contribution is 6.74. The predicted octanol–water partition coefficient (Wildman–Crippen LogP) is 6.06. The Labute approximate surface area is 175 Å². The first kappa shape index (κ1) is 27.2. The van der Waals surface area contributed by atoms with E-state index in [-0.39, 0.29) is 21.6 Å². The molecule has 0 aromatic heterocycles. The van der Waals surface area contributed by atoms with E-state index in [0.717, 1.165) is 0 Å². The highest BCUT2D eigenvalue weighted by Gasteiger charge is 2.43. The predicted molar refractivity (Wildman–Crippen MR) is 124 cm³/mol. The molecule has 0 saturated heterocycles. The first-order valence-corrected chi connectivity index (χ1v) is 15.8. The van der Waals surface area contributed by atoms with Gasteiger partial charge < -0.3 is 8.85 Å². The zero-order valence-corrected chi connectivity index (χ0v) is 22.1. The average Bonchev–Trinajstić information content (AvgIpc) is 2.45. The van der Waals surface area contributed by atoms with Crippen LogP contribution in [0.3, 0.4) is 0 Å². The zero-order valence-electron chi connectivity index (χ0n) is 20.1. The van der Waals surface area contributed by atoms with Crippen LogP contribution in [0.2, 0.25) is 36.3 Å². The molecule has 0 aromatic carbocycles. The fourth-order valence-corrected chi connectivity index (χ4v) is 4.42. The molecule has 0 aliphatic heterocycles. The largest absolute Gasteiger partial charge is 0.408 e. The summed E-state index contributed by atoms with van der Waals surface area (Å²) in [6.07, 6.45) is 5.84. The van der Waals surface area contributed by atoms with E-state index >= 15 is 0 Å². The highest BCUT2D eigenvalue weighted by atomic mass is 28.4. The van der Waals surface area contributed by atoms with E-state index < -0.39 is 28.8 Å². The number of ketones is 2. The minimum absolute atomic E-state index is 0.0150. The van der Waals surface area contributed by atoms with Crippen LogP contribution in [0.15, 0.2) is 24.3 Å². The summed E-state index contributed by atoms with van der Waals surface area (Å²) in [7, 11) is -4.25. The molecule has 2 atom stereocenters. The quantitative estimate of drug-likeness (QED) is 0.332. The second-order valence-electron chi connectivity index (χ2n) is 10.6. The lowest BCUT2D eigenvalue weighted by Gasteiger charge is -2.43. The number of carbonyl (C=O) groups excluding carboxylic acids is 2. The first-order chi connectivity index (χ1) is 12.3. The van der Waals surface area contributed by atoms with E-state index in [0.29, 0.717) is 0 Å². The van der Waals surface area contributed by atoms with Gasteiger partial charge in [-0.05, 0) is 62.3 Å². The molecule has 4 nitrogen and oxygen atoms in total. The monoisotopic (exact) mass is 426 g/mol. The van der Waals surface area contributed by atoms with Gasteiger partial charge in [-0.3, -0.25) is 9.59 Å². The van der Waals surface area contributed by atoms with Crippen LogP contribution in [0, 0.1) is 0 Å². The van der Waals surface area contributed by atoms with Gasteiger partial charge in [0, 0.05) is 0 Å². The number of hydrogen-bond acceptors (Lipinski definition) is 4. The molecule has 0 heterocycles. The van der Waals surface area contributed by atoms with E-state index in [1.807, 2.05) is 0 Å². The lowest BCUT2D eigenvalue weighted by Crippen LogP contribution is -2.51. The van der Waals surface area contributed by atoms with Crippen molar-refractivity contribution in [1.29, 1.82) is 0 Å². The third kappa shape index (κ3) is 8.68. The van der Waals surface area contributed by atoms with Crippen molar-refractivity contribution in [3.63, 3.8) is 0 Å². The number of allylic oxidation sites excluding steroid dienone is 2. The molecule has 28 heavy (non-hydrogen) atoms. The molecule has 0 radical (unpaired) electrons. The van der Waals surface area contributed by atoms with E-state index in [1.54, 1.807) is 24.3 Å². The summed E-state index contributed by atoms with van der Waals surface area (Å²) < 4.78 is 13.3. The number of carbonyl (C=O) groups is 2. The van der Waals surface area contributed by atoms with Gasteiger partial charge in [0.15, 0.2) is 28.2 Å². The normalized spacial score (nSPS) is 16.6. The summed E-state index contributed by atoms with van der Waals surface area (Å²) in [6.45, 7) is 24.9. The molecular weight excluding hydrogens is 384 g/mol. The van der Waals surface area contributed by atoms with Gasteiger partial charge in [0.05, 0.1) is 12.2 Å². The molecule has 0 unspecified atom stereocenters. The molecule has 0 aliphatic carbocycles. The summed E-state index contributed by atoms with van der Waals surface area (Å²) in [6, 6.07) is 0. The van der Waals surface area contributed by atoms with Crippen LogP contribution in [-0.2, 0) is 18.4 Å². The molecule has 0 aliphatic rings.